The molecule has 3 rings (SSSR count). The molecule has 0 spiro atoms. The quantitative estimate of drug-likeness (QED) is 0.854. The van der Waals surface area contributed by atoms with Crippen LogP contribution in [0, 0.1) is 0 Å². The molecule has 19 heavy (non-hydrogen) atoms. The lowest BCUT2D eigenvalue weighted by atomic mass is 10.2. The Hall–Kier alpha value is -1.97. The van der Waals surface area contributed by atoms with E-state index in [1.165, 1.54) is 0 Å². The SMILES string of the molecule is CCN(C(=O)Cn1ccc2cc(N)ccc21)C1CC1. The van der Waals surface area contributed by atoms with Crippen molar-refractivity contribution in [3.05, 3.63) is 30.5 Å². The second-order valence-electron chi connectivity index (χ2n) is 5.17. The van der Waals surface area contributed by atoms with Gasteiger partial charge in [-0.1, -0.05) is 0 Å². The third kappa shape index (κ3) is 2.30. The summed E-state index contributed by atoms with van der Waals surface area (Å²) < 4.78 is 2.00. The number of benzene rings is 1. The number of likely N-dealkylation sites (N-methyl/N-ethyl adjacent to an activating group) is 1. The Kier molecular flexibility index (Phi) is 2.93. The van der Waals surface area contributed by atoms with Gasteiger partial charge in [-0.05, 0) is 44.0 Å². The normalized spacial score (nSPS) is 14.8. The maximum absolute atomic E-state index is 12.3. The van der Waals surface area contributed by atoms with Crippen molar-refractivity contribution in [2.45, 2.75) is 32.4 Å². The third-order valence-electron chi connectivity index (χ3n) is 3.75. The van der Waals surface area contributed by atoms with E-state index in [4.69, 9.17) is 5.73 Å². The predicted molar refractivity (Wildman–Crippen MR) is 76.8 cm³/mol. The lowest BCUT2D eigenvalue weighted by Gasteiger charge is -2.20. The summed E-state index contributed by atoms with van der Waals surface area (Å²) in [6, 6.07) is 8.28. The van der Waals surface area contributed by atoms with Crippen LogP contribution in [0.3, 0.4) is 0 Å². The maximum atomic E-state index is 12.3. The van der Waals surface area contributed by atoms with Crippen LogP contribution in [-0.2, 0) is 11.3 Å². The van der Waals surface area contributed by atoms with Crippen molar-refractivity contribution in [2.24, 2.45) is 0 Å². The van der Waals surface area contributed by atoms with Gasteiger partial charge in [0.05, 0.1) is 0 Å². The highest BCUT2D eigenvalue weighted by Crippen LogP contribution is 2.27. The summed E-state index contributed by atoms with van der Waals surface area (Å²) >= 11 is 0. The zero-order valence-electron chi connectivity index (χ0n) is 11.2. The number of aromatic nitrogens is 1. The van der Waals surface area contributed by atoms with Crippen LogP contribution in [0.5, 0.6) is 0 Å². The van der Waals surface area contributed by atoms with Crippen molar-refractivity contribution in [1.82, 2.24) is 9.47 Å². The van der Waals surface area contributed by atoms with Gasteiger partial charge in [-0.15, -0.1) is 0 Å². The Bertz CT molecular complexity index is 613. The van der Waals surface area contributed by atoms with E-state index in [1.54, 1.807) is 0 Å². The van der Waals surface area contributed by atoms with Crippen LogP contribution in [0.15, 0.2) is 30.5 Å². The van der Waals surface area contributed by atoms with E-state index in [0.717, 1.165) is 36.0 Å². The van der Waals surface area contributed by atoms with Crippen LogP contribution < -0.4 is 5.73 Å². The van der Waals surface area contributed by atoms with Crippen LogP contribution in [-0.4, -0.2) is 28.0 Å². The highest BCUT2D eigenvalue weighted by atomic mass is 16.2. The van der Waals surface area contributed by atoms with Gasteiger partial charge in [-0.25, -0.2) is 0 Å². The fraction of sp³-hybridized carbons (Fsp3) is 0.400. The summed E-state index contributed by atoms with van der Waals surface area (Å²) in [5.74, 6) is 0.208. The fourth-order valence-electron chi connectivity index (χ4n) is 2.62. The molecule has 1 aliphatic rings. The Morgan fingerprint density at radius 1 is 1.42 bits per heavy atom. The van der Waals surface area contributed by atoms with E-state index < -0.39 is 0 Å². The van der Waals surface area contributed by atoms with Gasteiger partial charge in [0, 0.05) is 35.4 Å². The Morgan fingerprint density at radius 2 is 2.21 bits per heavy atom. The van der Waals surface area contributed by atoms with Gasteiger partial charge in [0.15, 0.2) is 0 Å². The molecule has 1 heterocycles. The van der Waals surface area contributed by atoms with Gasteiger partial charge < -0.3 is 15.2 Å². The number of rotatable bonds is 4. The smallest absolute Gasteiger partial charge is 0.242 e. The van der Waals surface area contributed by atoms with Crippen molar-refractivity contribution in [1.29, 1.82) is 0 Å². The number of carbonyl (C=O) groups is 1. The van der Waals surface area contributed by atoms with Gasteiger partial charge in [0.1, 0.15) is 6.54 Å². The molecule has 1 aliphatic carbocycles. The van der Waals surface area contributed by atoms with E-state index in [0.29, 0.717) is 12.6 Å². The molecule has 1 fully saturated rings. The second kappa shape index (κ2) is 4.61. The van der Waals surface area contributed by atoms with E-state index >= 15 is 0 Å². The molecule has 1 saturated carbocycles. The highest BCUT2D eigenvalue weighted by molar-refractivity contribution is 5.85. The summed E-state index contributed by atoms with van der Waals surface area (Å²) in [5, 5.41) is 1.09. The number of nitrogen functional groups attached to an aromatic ring is 1. The molecular weight excluding hydrogens is 238 g/mol. The summed E-state index contributed by atoms with van der Waals surface area (Å²) in [6.07, 6.45) is 4.27. The summed E-state index contributed by atoms with van der Waals surface area (Å²) in [5.41, 5.74) is 7.59. The summed E-state index contributed by atoms with van der Waals surface area (Å²) in [6.45, 7) is 3.26. The fourth-order valence-corrected chi connectivity index (χ4v) is 2.62. The number of nitrogens with zero attached hydrogens (tertiary/aromatic N) is 2. The van der Waals surface area contributed by atoms with Crippen molar-refractivity contribution >= 4 is 22.5 Å². The first kappa shape index (κ1) is 12.1. The van der Waals surface area contributed by atoms with Crippen molar-refractivity contribution < 1.29 is 4.79 Å². The number of fused-ring (bicyclic) bond motifs is 1. The van der Waals surface area contributed by atoms with Crippen LogP contribution in [0.1, 0.15) is 19.8 Å². The first-order valence-electron chi connectivity index (χ1n) is 6.83. The van der Waals surface area contributed by atoms with E-state index in [9.17, 15) is 4.79 Å². The molecular formula is C15H19N3O. The molecule has 0 bridgehead atoms. The Labute approximate surface area is 112 Å². The second-order valence-corrected chi connectivity index (χ2v) is 5.17. The van der Waals surface area contributed by atoms with Gasteiger partial charge in [-0.2, -0.15) is 0 Å². The molecule has 1 amide bonds. The number of nitrogens with two attached hydrogens (primary N) is 1. The number of hydrogen-bond acceptors (Lipinski definition) is 2. The van der Waals surface area contributed by atoms with Gasteiger partial charge in [-0.3, -0.25) is 4.79 Å². The third-order valence-corrected chi connectivity index (χ3v) is 3.75. The van der Waals surface area contributed by atoms with Gasteiger partial charge >= 0.3 is 0 Å². The van der Waals surface area contributed by atoms with E-state index in [2.05, 4.69) is 0 Å². The number of carbonyl (C=O) groups excluding carboxylic acids is 1. The van der Waals surface area contributed by atoms with Gasteiger partial charge in [0.2, 0.25) is 5.91 Å². The molecule has 100 valence electrons. The molecule has 0 radical (unpaired) electrons. The lowest BCUT2D eigenvalue weighted by Crippen LogP contribution is -2.35. The summed E-state index contributed by atoms with van der Waals surface area (Å²) in [4.78, 5) is 14.3. The van der Waals surface area contributed by atoms with Crippen LogP contribution >= 0.6 is 0 Å². The van der Waals surface area contributed by atoms with Crippen LogP contribution in [0.4, 0.5) is 5.69 Å². The standard InChI is InChI=1S/C15H19N3O/c1-2-18(13-4-5-13)15(19)10-17-8-7-11-9-12(16)3-6-14(11)17/h3,6-9,13H,2,4-5,10,16H2,1H3. The Balaban J connectivity index is 1.82. The molecule has 0 atom stereocenters. The van der Waals surface area contributed by atoms with Crippen molar-refractivity contribution in [3.8, 4) is 0 Å². The van der Waals surface area contributed by atoms with Crippen LogP contribution in [0.25, 0.3) is 10.9 Å². The molecule has 4 heteroatoms. The number of hydrogen-bond donors (Lipinski definition) is 1. The maximum Gasteiger partial charge on any atom is 0.242 e. The monoisotopic (exact) mass is 257 g/mol. The van der Waals surface area contributed by atoms with Gasteiger partial charge in [0.25, 0.3) is 0 Å². The molecule has 4 nitrogen and oxygen atoms in total. The van der Waals surface area contributed by atoms with Crippen LogP contribution in [0.2, 0.25) is 0 Å². The zero-order chi connectivity index (χ0) is 13.4. The molecule has 0 unspecified atom stereocenters. The molecule has 2 aromatic rings. The lowest BCUT2D eigenvalue weighted by molar-refractivity contribution is -0.132. The number of amides is 1. The first-order chi connectivity index (χ1) is 9.19. The molecule has 1 aromatic heterocycles. The van der Waals surface area contributed by atoms with Crippen molar-refractivity contribution in [2.75, 3.05) is 12.3 Å². The highest BCUT2D eigenvalue weighted by Gasteiger charge is 2.31. The zero-order valence-corrected chi connectivity index (χ0v) is 11.2. The minimum absolute atomic E-state index is 0.208. The molecule has 1 aromatic carbocycles. The average molecular weight is 257 g/mol. The molecule has 2 N–H and O–H groups in total. The van der Waals surface area contributed by atoms with E-state index in [1.807, 2.05) is 46.9 Å². The minimum Gasteiger partial charge on any atom is -0.399 e. The summed E-state index contributed by atoms with van der Waals surface area (Å²) in [7, 11) is 0. The average Bonchev–Trinajstić information content (AvgIpc) is 3.14. The first-order valence-corrected chi connectivity index (χ1v) is 6.83. The number of anilines is 1. The molecule has 0 aliphatic heterocycles. The Morgan fingerprint density at radius 3 is 2.89 bits per heavy atom. The van der Waals surface area contributed by atoms with Crippen molar-refractivity contribution in [3.63, 3.8) is 0 Å². The molecule has 0 saturated heterocycles. The largest absolute Gasteiger partial charge is 0.399 e. The minimum atomic E-state index is 0.208. The predicted octanol–water partition coefficient (Wildman–Crippen LogP) is 2.23. The van der Waals surface area contributed by atoms with E-state index in [-0.39, 0.29) is 5.91 Å². The topological polar surface area (TPSA) is 51.3 Å².